The van der Waals surface area contributed by atoms with Gasteiger partial charge in [0.2, 0.25) is 0 Å². The Morgan fingerprint density at radius 3 is 2.05 bits per heavy atom. The van der Waals surface area contributed by atoms with Crippen LogP contribution >= 0.6 is 0 Å². The second-order valence-electron chi connectivity index (χ2n) is 6.05. The van der Waals surface area contributed by atoms with Gasteiger partial charge in [-0.1, -0.05) is 0 Å². The van der Waals surface area contributed by atoms with Gasteiger partial charge in [-0.2, -0.15) is 0 Å². The van der Waals surface area contributed by atoms with Crippen LogP contribution in [0.4, 0.5) is 0 Å². The van der Waals surface area contributed by atoms with Gasteiger partial charge < -0.3 is 0 Å². The van der Waals surface area contributed by atoms with Gasteiger partial charge in [-0.05, 0) is 0 Å². The molecule has 0 amide bonds. The summed E-state index contributed by atoms with van der Waals surface area (Å²) >= 11 is 0.608. The Labute approximate surface area is 126 Å². The van der Waals surface area contributed by atoms with Crippen LogP contribution in [0.3, 0.4) is 0 Å². The monoisotopic (exact) mass is 326 g/mol. The van der Waals surface area contributed by atoms with E-state index in [1.165, 1.54) is 51.4 Å². The van der Waals surface area contributed by atoms with Crippen LogP contribution in [0.25, 0.3) is 0 Å². The fourth-order valence-corrected chi connectivity index (χ4v) is 4.84. The maximum absolute atomic E-state index is 2.44. The van der Waals surface area contributed by atoms with Crippen LogP contribution in [-0.2, 0) is 0 Å². The number of benzene rings is 1. The van der Waals surface area contributed by atoms with Crippen molar-refractivity contribution < 1.29 is 0 Å². The number of unbranched alkanes of at least 4 members (excludes halogenated alkanes) is 6. The minimum atomic E-state index is 0.512. The van der Waals surface area contributed by atoms with E-state index in [1.54, 1.807) is 4.46 Å². The van der Waals surface area contributed by atoms with E-state index in [9.17, 15) is 0 Å². The molecule has 0 aliphatic carbocycles. The van der Waals surface area contributed by atoms with Crippen molar-refractivity contribution in [2.45, 2.75) is 76.5 Å². The van der Waals surface area contributed by atoms with Crippen LogP contribution in [0.15, 0.2) is 30.3 Å². The van der Waals surface area contributed by atoms with Crippen molar-refractivity contribution in [3.05, 3.63) is 30.3 Å². The molecule has 0 aliphatic rings. The van der Waals surface area contributed by atoms with E-state index < -0.39 is 0 Å². The summed E-state index contributed by atoms with van der Waals surface area (Å²) in [7, 11) is 0. The van der Waals surface area contributed by atoms with Crippen molar-refractivity contribution in [3.63, 3.8) is 0 Å². The number of hydrogen-bond donors (Lipinski definition) is 0. The summed E-state index contributed by atoms with van der Waals surface area (Å²) in [6.07, 6.45) is 11.3. The second kappa shape index (κ2) is 9.61. The van der Waals surface area contributed by atoms with Gasteiger partial charge in [0.1, 0.15) is 0 Å². The molecule has 0 atom stereocenters. The molecule has 0 saturated heterocycles. The Balaban J connectivity index is 2.13. The summed E-state index contributed by atoms with van der Waals surface area (Å²) < 4.78 is 2.06. The molecule has 0 radical (unpaired) electrons. The molecule has 1 heteroatoms. The summed E-state index contributed by atoms with van der Waals surface area (Å²) in [4.78, 5) is 0. The average molecular weight is 325 g/mol. The van der Waals surface area contributed by atoms with Crippen LogP contribution in [0.2, 0.25) is 4.31 Å². The molecule has 0 N–H and O–H groups in total. The molecule has 1 rings (SSSR count). The van der Waals surface area contributed by atoms with Gasteiger partial charge >= 0.3 is 126 Å². The first-order valence-corrected chi connectivity index (χ1v) is 9.59. The van der Waals surface area contributed by atoms with Gasteiger partial charge in [0, 0.05) is 0 Å². The summed E-state index contributed by atoms with van der Waals surface area (Å²) in [5.41, 5.74) is 0. The van der Waals surface area contributed by atoms with E-state index in [-0.39, 0.29) is 0 Å². The number of hydrogen-bond acceptors (Lipinski definition) is 0. The third-order valence-electron chi connectivity index (χ3n) is 3.52. The zero-order valence-electron chi connectivity index (χ0n) is 13.0. The number of rotatable bonds is 10. The Bertz CT molecular complexity index is 316. The standard InChI is InChI=1S/C18H30Se/c1-4-5-6-7-8-9-13-16-18(2,3)19-17-14-11-10-12-15-17/h10-12,14-15H,4-9,13,16H2,1-3H3. The molecule has 1 aromatic carbocycles. The van der Waals surface area contributed by atoms with Gasteiger partial charge in [-0.15, -0.1) is 0 Å². The van der Waals surface area contributed by atoms with Gasteiger partial charge in [-0.3, -0.25) is 0 Å². The fourth-order valence-electron chi connectivity index (χ4n) is 2.37. The zero-order valence-corrected chi connectivity index (χ0v) is 14.7. The third-order valence-corrected chi connectivity index (χ3v) is 6.17. The first-order chi connectivity index (χ1) is 9.14. The molecule has 0 fully saturated rings. The topological polar surface area (TPSA) is 0 Å². The van der Waals surface area contributed by atoms with Crippen LogP contribution in [0, 0.1) is 0 Å². The van der Waals surface area contributed by atoms with Crippen LogP contribution < -0.4 is 4.46 Å². The molecular weight excluding hydrogens is 295 g/mol. The molecule has 0 unspecified atom stereocenters. The predicted molar refractivity (Wildman–Crippen MR) is 88.5 cm³/mol. The van der Waals surface area contributed by atoms with Crippen LogP contribution in [0.5, 0.6) is 0 Å². The first kappa shape index (κ1) is 16.8. The van der Waals surface area contributed by atoms with Gasteiger partial charge in [0.15, 0.2) is 0 Å². The van der Waals surface area contributed by atoms with E-state index in [1.807, 2.05) is 0 Å². The predicted octanol–water partition coefficient (Wildman–Crippen LogP) is 5.36. The van der Waals surface area contributed by atoms with Crippen molar-refractivity contribution in [2.75, 3.05) is 0 Å². The third kappa shape index (κ3) is 8.50. The quantitative estimate of drug-likeness (QED) is 0.401. The van der Waals surface area contributed by atoms with Crippen LogP contribution in [-0.4, -0.2) is 15.0 Å². The average Bonchev–Trinajstić information content (AvgIpc) is 2.38. The van der Waals surface area contributed by atoms with Crippen molar-refractivity contribution in [2.24, 2.45) is 0 Å². The van der Waals surface area contributed by atoms with E-state index >= 15 is 0 Å². The van der Waals surface area contributed by atoms with Crippen LogP contribution in [0.1, 0.15) is 72.1 Å². The molecule has 1 aromatic rings. The maximum atomic E-state index is 2.44. The molecule has 0 nitrogen and oxygen atoms in total. The summed E-state index contributed by atoms with van der Waals surface area (Å²) in [5.74, 6) is 0. The van der Waals surface area contributed by atoms with E-state index in [2.05, 4.69) is 51.1 Å². The van der Waals surface area contributed by atoms with Gasteiger partial charge in [0.25, 0.3) is 0 Å². The normalized spacial score (nSPS) is 11.7. The zero-order chi connectivity index (χ0) is 14.0. The minimum absolute atomic E-state index is 0.512. The summed E-state index contributed by atoms with van der Waals surface area (Å²) in [6, 6.07) is 11.0. The SMILES string of the molecule is CCCCCCCCCC(C)(C)[Se]c1ccccc1. The Kier molecular flexibility index (Phi) is 8.50. The van der Waals surface area contributed by atoms with Crippen molar-refractivity contribution in [1.82, 2.24) is 0 Å². The van der Waals surface area contributed by atoms with Crippen molar-refractivity contribution in [3.8, 4) is 0 Å². The molecule has 0 heterocycles. The molecule has 108 valence electrons. The second-order valence-corrected chi connectivity index (χ2v) is 9.78. The Morgan fingerprint density at radius 1 is 0.842 bits per heavy atom. The van der Waals surface area contributed by atoms with Crippen molar-refractivity contribution >= 4 is 19.4 Å². The Morgan fingerprint density at radius 2 is 1.42 bits per heavy atom. The van der Waals surface area contributed by atoms with E-state index in [4.69, 9.17) is 0 Å². The van der Waals surface area contributed by atoms with Gasteiger partial charge in [0.05, 0.1) is 0 Å². The molecule has 0 aromatic heterocycles. The summed E-state index contributed by atoms with van der Waals surface area (Å²) in [5, 5.41) is 0. The molecule has 19 heavy (non-hydrogen) atoms. The first-order valence-electron chi connectivity index (χ1n) is 7.88. The molecule has 0 bridgehead atoms. The molecule has 0 saturated carbocycles. The molecule has 0 aliphatic heterocycles. The Hall–Kier alpha value is -0.261. The van der Waals surface area contributed by atoms with E-state index in [0.29, 0.717) is 19.3 Å². The van der Waals surface area contributed by atoms with Crippen molar-refractivity contribution in [1.29, 1.82) is 0 Å². The molecule has 0 spiro atoms. The van der Waals surface area contributed by atoms with Gasteiger partial charge in [-0.25, -0.2) is 0 Å². The molecular formula is C18H30Se. The summed E-state index contributed by atoms with van der Waals surface area (Å²) in [6.45, 7) is 7.17. The van der Waals surface area contributed by atoms with E-state index in [0.717, 1.165) is 0 Å². The fraction of sp³-hybridized carbons (Fsp3) is 0.667.